The van der Waals surface area contributed by atoms with Crippen LogP contribution in [0.25, 0.3) is 31.3 Å². The molecule has 0 saturated heterocycles. The van der Waals surface area contributed by atoms with Crippen LogP contribution in [0, 0.1) is 0 Å². The summed E-state index contributed by atoms with van der Waals surface area (Å²) in [5.41, 5.74) is 2.16. The zero-order chi connectivity index (χ0) is 15.3. The minimum atomic E-state index is 0.654. The van der Waals surface area contributed by atoms with Crippen molar-refractivity contribution < 1.29 is 0 Å². The smallest absolute Gasteiger partial charge is 0.0426 e. The molecule has 0 bridgehead atoms. The molecular weight excluding hydrogens is 399 g/mol. The summed E-state index contributed by atoms with van der Waals surface area (Å²) >= 11 is 17.6. The lowest BCUT2D eigenvalue weighted by Gasteiger charge is -2.04. The fourth-order valence-electron chi connectivity index (χ4n) is 2.65. The second-order valence-corrected chi connectivity index (χ2v) is 7.98. The summed E-state index contributed by atoms with van der Waals surface area (Å²) in [5.74, 6) is 0. The second-order valence-electron chi connectivity index (χ2n) is 5.11. The van der Waals surface area contributed by atoms with Gasteiger partial charge in [0.15, 0.2) is 0 Å². The molecule has 0 radical (unpaired) electrons. The molecule has 0 aliphatic heterocycles. The zero-order valence-electron chi connectivity index (χ0n) is 11.2. The maximum absolute atomic E-state index is 6.12. The summed E-state index contributed by atoms with van der Waals surface area (Å²) in [4.78, 5) is 0. The fraction of sp³-hybridized carbons (Fsp3) is 0. The van der Waals surface area contributed by atoms with E-state index in [1.54, 1.807) is 17.4 Å². The van der Waals surface area contributed by atoms with E-state index in [4.69, 9.17) is 23.2 Å². The van der Waals surface area contributed by atoms with E-state index in [0.717, 1.165) is 15.6 Å². The highest BCUT2D eigenvalue weighted by molar-refractivity contribution is 9.10. The van der Waals surface area contributed by atoms with Gasteiger partial charge < -0.3 is 0 Å². The molecule has 1 aromatic heterocycles. The summed E-state index contributed by atoms with van der Waals surface area (Å²) in [6.07, 6.45) is 0. The van der Waals surface area contributed by atoms with Crippen molar-refractivity contribution >= 4 is 70.6 Å². The van der Waals surface area contributed by atoms with Crippen molar-refractivity contribution in [1.82, 2.24) is 0 Å². The molecule has 0 aliphatic carbocycles. The van der Waals surface area contributed by atoms with Crippen LogP contribution in [0.2, 0.25) is 10.0 Å². The number of fused-ring (bicyclic) bond motifs is 3. The van der Waals surface area contributed by atoms with E-state index in [1.165, 1.54) is 20.2 Å². The van der Waals surface area contributed by atoms with Gasteiger partial charge in [0.2, 0.25) is 0 Å². The van der Waals surface area contributed by atoms with Gasteiger partial charge in [-0.3, -0.25) is 0 Å². The van der Waals surface area contributed by atoms with Gasteiger partial charge >= 0.3 is 0 Å². The predicted molar refractivity (Wildman–Crippen MR) is 102 cm³/mol. The zero-order valence-corrected chi connectivity index (χ0v) is 15.2. The predicted octanol–water partition coefficient (Wildman–Crippen LogP) is 7.79. The summed E-state index contributed by atoms with van der Waals surface area (Å²) in [7, 11) is 0. The van der Waals surface area contributed by atoms with Crippen LogP contribution in [0.3, 0.4) is 0 Å². The Morgan fingerprint density at radius 1 is 0.682 bits per heavy atom. The summed E-state index contributed by atoms with van der Waals surface area (Å²) in [5, 5.41) is 3.85. The average Bonchev–Trinajstić information content (AvgIpc) is 2.82. The van der Waals surface area contributed by atoms with Crippen LogP contribution in [0.4, 0.5) is 0 Å². The number of hydrogen-bond acceptors (Lipinski definition) is 1. The molecule has 4 rings (SSSR count). The highest BCUT2D eigenvalue weighted by atomic mass is 79.9. The Morgan fingerprint density at radius 3 is 2.23 bits per heavy atom. The Hall–Kier alpha value is -1.06. The number of benzene rings is 3. The second kappa shape index (κ2) is 5.54. The monoisotopic (exact) mass is 406 g/mol. The Labute approximate surface area is 150 Å². The van der Waals surface area contributed by atoms with E-state index in [2.05, 4.69) is 52.3 Å². The Kier molecular flexibility index (Phi) is 3.66. The van der Waals surface area contributed by atoms with Crippen LogP contribution < -0.4 is 0 Å². The fourth-order valence-corrected chi connectivity index (χ4v) is 4.82. The topological polar surface area (TPSA) is 0 Å². The van der Waals surface area contributed by atoms with E-state index >= 15 is 0 Å². The van der Waals surface area contributed by atoms with Gasteiger partial charge in [-0.25, -0.2) is 0 Å². The van der Waals surface area contributed by atoms with E-state index in [0.29, 0.717) is 10.0 Å². The van der Waals surface area contributed by atoms with Gasteiger partial charge in [0.05, 0.1) is 0 Å². The van der Waals surface area contributed by atoms with E-state index in [1.807, 2.05) is 12.1 Å². The van der Waals surface area contributed by atoms with Gasteiger partial charge in [0, 0.05) is 34.7 Å². The molecule has 0 N–H and O–H groups in total. The van der Waals surface area contributed by atoms with Crippen LogP contribution in [-0.4, -0.2) is 0 Å². The minimum absolute atomic E-state index is 0.654. The van der Waals surface area contributed by atoms with E-state index in [-0.39, 0.29) is 0 Å². The standard InChI is InChI=1S/C18H9BrCl2S/c19-12-2-3-15-16-7-10(1-4-17(16)22-18(15)8-12)11-5-13(20)9-14(21)6-11/h1-9H. The lowest BCUT2D eigenvalue weighted by Crippen LogP contribution is -1.78. The van der Waals surface area contributed by atoms with Crippen LogP contribution in [0.1, 0.15) is 0 Å². The molecule has 0 fully saturated rings. The molecule has 0 spiro atoms. The molecule has 1 heterocycles. The maximum atomic E-state index is 6.12. The number of thiophene rings is 1. The Morgan fingerprint density at radius 2 is 1.45 bits per heavy atom. The first-order chi connectivity index (χ1) is 10.6. The lowest BCUT2D eigenvalue weighted by molar-refractivity contribution is 1.65. The van der Waals surface area contributed by atoms with Crippen molar-refractivity contribution in [2.45, 2.75) is 0 Å². The first-order valence-electron chi connectivity index (χ1n) is 6.68. The highest BCUT2D eigenvalue weighted by Gasteiger charge is 2.08. The van der Waals surface area contributed by atoms with Crippen molar-refractivity contribution in [3.8, 4) is 11.1 Å². The number of halogens is 3. The highest BCUT2D eigenvalue weighted by Crippen LogP contribution is 2.38. The van der Waals surface area contributed by atoms with Crippen LogP contribution in [-0.2, 0) is 0 Å². The first kappa shape index (κ1) is 14.5. The van der Waals surface area contributed by atoms with Gasteiger partial charge in [0.1, 0.15) is 0 Å². The quantitative estimate of drug-likeness (QED) is 0.302. The average molecular weight is 408 g/mol. The van der Waals surface area contributed by atoms with Crippen LogP contribution >= 0.6 is 50.5 Å². The van der Waals surface area contributed by atoms with Gasteiger partial charge in [-0.05, 0) is 53.6 Å². The van der Waals surface area contributed by atoms with Crippen molar-refractivity contribution in [3.63, 3.8) is 0 Å². The summed E-state index contributed by atoms with van der Waals surface area (Å²) in [6, 6.07) is 18.5. The van der Waals surface area contributed by atoms with Crippen molar-refractivity contribution in [2.75, 3.05) is 0 Å². The molecule has 3 aromatic carbocycles. The third-order valence-corrected chi connectivity index (χ3v) is 5.69. The maximum Gasteiger partial charge on any atom is 0.0426 e. The Balaban J connectivity index is 1.98. The van der Waals surface area contributed by atoms with Gasteiger partial charge in [-0.1, -0.05) is 51.3 Å². The van der Waals surface area contributed by atoms with Gasteiger partial charge in [-0.15, -0.1) is 11.3 Å². The molecule has 0 amide bonds. The molecule has 0 atom stereocenters. The van der Waals surface area contributed by atoms with E-state index in [9.17, 15) is 0 Å². The summed E-state index contributed by atoms with van der Waals surface area (Å²) in [6.45, 7) is 0. The number of rotatable bonds is 1. The molecule has 22 heavy (non-hydrogen) atoms. The molecule has 0 nitrogen and oxygen atoms in total. The molecule has 4 aromatic rings. The van der Waals surface area contributed by atoms with E-state index < -0.39 is 0 Å². The molecule has 4 heteroatoms. The summed E-state index contributed by atoms with van der Waals surface area (Å²) < 4.78 is 3.67. The lowest BCUT2D eigenvalue weighted by atomic mass is 10.0. The van der Waals surface area contributed by atoms with Gasteiger partial charge in [0.25, 0.3) is 0 Å². The van der Waals surface area contributed by atoms with Crippen LogP contribution in [0.5, 0.6) is 0 Å². The van der Waals surface area contributed by atoms with Crippen molar-refractivity contribution in [2.24, 2.45) is 0 Å². The van der Waals surface area contributed by atoms with Gasteiger partial charge in [-0.2, -0.15) is 0 Å². The molecule has 0 unspecified atom stereocenters. The molecule has 108 valence electrons. The molecule has 0 saturated carbocycles. The van der Waals surface area contributed by atoms with Crippen LogP contribution in [0.15, 0.2) is 59.1 Å². The molecule has 0 aliphatic rings. The Bertz CT molecular complexity index is 1000. The third-order valence-electron chi connectivity index (χ3n) is 3.63. The normalized spacial score (nSPS) is 11.4. The van der Waals surface area contributed by atoms with Crippen molar-refractivity contribution in [1.29, 1.82) is 0 Å². The van der Waals surface area contributed by atoms with Crippen molar-refractivity contribution in [3.05, 3.63) is 69.1 Å². The first-order valence-corrected chi connectivity index (χ1v) is 9.05. The largest absolute Gasteiger partial charge is 0.135 e. The number of hydrogen-bond donors (Lipinski definition) is 0. The molecular formula is C18H9BrCl2S. The minimum Gasteiger partial charge on any atom is -0.135 e. The SMILES string of the molecule is Clc1cc(Cl)cc(-c2ccc3sc4cc(Br)ccc4c3c2)c1. The third kappa shape index (κ3) is 2.55.